The standard InChI is InChI=1S/C16H26N2O4/c1-3-21-14(19)17-13-12-16(8-6-5-7-9-16)10-11-18(13)15(20)22-4-2/h10-11,13H,3-9,12H2,1-2H3,(H,17,19). The Morgan fingerprint density at radius 3 is 2.50 bits per heavy atom. The van der Waals surface area contributed by atoms with E-state index in [0.717, 1.165) is 12.8 Å². The maximum atomic E-state index is 12.1. The molecule has 0 aromatic carbocycles. The van der Waals surface area contributed by atoms with Gasteiger partial charge in [-0.25, -0.2) is 9.59 Å². The van der Waals surface area contributed by atoms with Crippen LogP contribution in [0.3, 0.4) is 0 Å². The van der Waals surface area contributed by atoms with E-state index in [-0.39, 0.29) is 5.41 Å². The second kappa shape index (κ2) is 7.51. The molecular weight excluding hydrogens is 284 g/mol. The SMILES string of the molecule is CCOC(=O)NC1CC2(C=CN1C(=O)OCC)CCCCC2. The maximum Gasteiger partial charge on any atom is 0.415 e. The zero-order chi connectivity index (χ0) is 16.0. The molecule has 1 N–H and O–H groups in total. The van der Waals surface area contributed by atoms with Gasteiger partial charge in [-0.05, 0) is 38.5 Å². The van der Waals surface area contributed by atoms with Crippen LogP contribution in [0.2, 0.25) is 0 Å². The number of carbonyl (C=O) groups is 2. The molecule has 22 heavy (non-hydrogen) atoms. The molecule has 0 bridgehead atoms. The summed E-state index contributed by atoms with van der Waals surface area (Å²) in [6.45, 7) is 4.13. The predicted octanol–water partition coefficient (Wildman–Crippen LogP) is 3.39. The third kappa shape index (κ3) is 3.93. The van der Waals surface area contributed by atoms with Crippen molar-refractivity contribution in [2.75, 3.05) is 13.2 Å². The molecule has 0 saturated heterocycles. The van der Waals surface area contributed by atoms with Crippen LogP contribution in [0.15, 0.2) is 12.3 Å². The number of hydrogen-bond donors (Lipinski definition) is 1. The van der Waals surface area contributed by atoms with Crippen LogP contribution in [0.1, 0.15) is 52.4 Å². The summed E-state index contributed by atoms with van der Waals surface area (Å²) in [6.07, 6.45) is 9.08. The highest BCUT2D eigenvalue weighted by atomic mass is 16.6. The van der Waals surface area contributed by atoms with Crippen molar-refractivity contribution in [2.45, 2.75) is 58.5 Å². The minimum absolute atomic E-state index is 0.0748. The number of carbonyl (C=O) groups excluding carboxylic acids is 2. The van der Waals surface area contributed by atoms with Gasteiger partial charge in [0, 0.05) is 6.20 Å². The van der Waals surface area contributed by atoms with Crippen LogP contribution in [0.4, 0.5) is 9.59 Å². The number of amides is 2. The number of nitrogens with one attached hydrogen (secondary N) is 1. The van der Waals surface area contributed by atoms with E-state index in [1.165, 1.54) is 24.2 Å². The Kier molecular flexibility index (Phi) is 5.69. The van der Waals surface area contributed by atoms with Gasteiger partial charge in [0.1, 0.15) is 6.17 Å². The molecule has 0 aromatic heterocycles. The molecule has 2 aliphatic rings. The van der Waals surface area contributed by atoms with E-state index >= 15 is 0 Å². The van der Waals surface area contributed by atoms with E-state index in [9.17, 15) is 9.59 Å². The lowest BCUT2D eigenvalue weighted by Gasteiger charge is -2.43. The fraction of sp³-hybridized carbons (Fsp3) is 0.750. The van der Waals surface area contributed by atoms with E-state index in [1.54, 1.807) is 20.0 Å². The molecule has 2 rings (SSSR count). The molecule has 0 radical (unpaired) electrons. The zero-order valence-electron chi connectivity index (χ0n) is 13.5. The summed E-state index contributed by atoms with van der Waals surface area (Å²) in [6, 6.07) is 0. The first kappa shape index (κ1) is 16.6. The Labute approximate surface area is 131 Å². The number of rotatable bonds is 3. The molecule has 1 aliphatic carbocycles. The fourth-order valence-electron chi connectivity index (χ4n) is 3.34. The smallest absolute Gasteiger partial charge is 0.415 e. The quantitative estimate of drug-likeness (QED) is 0.867. The van der Waals surface area contributed by atoms with Gasteiger partial charge >= 0.3 is 12.2 Å². The van der Waals surface area contributed by atoms with Crippen LogP contribution in [0, 0.1) is 5.41 Å². The minimum atomic E-state index is -0.497. The normalized spacial score (nSPS) is 23.2. The second-order valence-electron chi connectivity index (χ2n) is 5.93. The molecule has 1 atom stereocenters. The Bertz CT molecular complexity index is 430. The van der Waals surface area contributed by atoms with Crippen LogP contribution in [-0.2, 0) is 9.47 Å². The molecule has 1 spiro atoms. The molecule has 1 saturated carbocycles. The van der Waals surface area contributed by atoms with Gasteiger partial charge in [0.05, 0.1) is 13.2 Å². The van der Waals surface area contributed by atoms with Crippen molar-refractivity contribution in [2.24, 2.45) is 5.41 Å². The lowest BCUT2D eigenvalue weighted by atomic mass is 9.70. The summed E-state index contributed by atoms with van der Waals surface area (Å²) < 4.78 is 10.0. The van der Waals surface area contributed by atoms with Gasteiger partial charge in [-0.3, -0.25) is 4.90 Å². The van der Waals surface area contributed by atoms with Crippen molar-refractivity contribution < 1.29 is 19.1 Å². The molecular formula is C16H26N2O4. The highest BCUT2D eigenvalue weighted by molar-refractivity contribution is 5.72. The largest absolute Gasteiger partial charge is 0.450 e. The molecule has 2 amide bonds. The van der Waals surface area contributed by atoms with Crippen LogP contribution in [-0.4, -0.2) is 36.5 Å². The molecule has 1 aliphatic heterocycles. The first-order chi connectivity index (χ1) is 10.6. The van der Waals surface area contributed by atoms with Crippen molar-refractivity contribution in [1.82, 2.24) is 10.2 Å². The summed E-state index contributed by atoms with van der Waals surface area (Å²) >= 11 is 0. The zero-order valence-corrected chi connectivity index (χ0v) is 13.5. The van der Waals surface area contributed by atoms with Gasteiger partial charge in [0.2, 0.25) is 0 Å². The maximum absolute atomic E-state index is 12.1. The topological polar surface area (TPSA) is 67.9 Å². The van der Waals surface area contributed by atoms with Gasteiger partial charge in [-0.2, -0.15) is 0 Å². The van der Waals surface area contributed by atoms with E-state index in [4.69, 9.17) is 9.47 Å². The van der Waals surface area contributed by atoms with Crippen LogP contribution < -0.4 is 5.32 Å². The van der Waals surface area contributed by atoms with Crippen molar-refractivity contribution in [1.29, 1.82) is 0 Å². The first-order valence-corrected chi connectivity index (χ1v) is 8.18. The first-order valence-electron chi connectivity index (χ1n) is 8.18. The third-order valence-electron chi connectivity index (χ3n) is 4.41. The third-order valence-corrected chi connectivity index (χ3v) is 4.41. The molecule has 124 valence electrons. The van der Waals surface area contributed by atoms with Crippen molar-refractivity contribution in [3.63, 3.8) is 0 Å². The average Bonchev–Trinajstić information content (AvgIpc) is 2.48. The van der Waals surface area contributed by atoms with Crippen molar-refractivity contribution >= 4 is 12.2 Å². The molecule has 6 nitrogen and oxygen atoms in total. The Balaban J connectivity index is 2.13. The van der Waals surface area contributed by atoms with Gasteiger partial charge in [0.15, 0.2) is 0 Å². The molecule has 1 heterocycles. The molecule has 1 unspecified atom stereocenters. The van der Waals surface area contributed by atoms with E-state index < -0.39 is 18.4 Å². The summed E-state index contributed by atoms with van der Waals surface area (Å²) in [4.78, 5) is 25.3. The lowest BCUT2D eigenvalue weighted by Crippen LogP contribution is -2.53. The average molecular weight is 310 g/mol. The molecule has 0 aromatic rings. The molecule has 6 heteroatoms. The van der Waals surface area contributed by atoms with E-state index in [2.05, 4.69) is 11.4 Å². The summed E-state index contributed by atoms with van der Waals surface area (Å²) in [7, 11) is 0. The van der Waals surface area contributed by atoms with Gasteiger partial charge in [-0.1, -0.05) is 25.3 Å². The number of ether oxygens (including phenoxy) is 2. The van der Waals surface area contributed by atoms with Crippen LogP contribution in [0.5, 0.6) is 0 Å². The Morgan fingerprint density at radius 1 is 1.18 bits per heavy atom. The summed E-state index contributed by atoms with van der Waals surface area (Å²) in [5.41, 5.74) is 0.0748. The van der Waals surface area contributed by atoms with Gasteiger partial charge < -0.3 is 14.8 Å². The van der Waals surface area contributed by atoms with Gasteiger partial charge in [-0.15, -0.1) is 0 Å². The highest BCUT2D eigenvalue weighted by Crippen LogP contribution is 2.44. The summed E-state index contributed by atoms with van der Waals surface area (Å²) in [5.74, 6) is 0. The monoisotopic (exact) mass is 310 g/mol. The highest BCUT2D eigenvalue weighted by Gasteiger charge is 2.40. The number of allylic oxidation sites excluding steroid dienone is 1. The minimum Gasteiger partial charge on any atom is -0.450 e. The predicted molar refractivity (Wildman–Crippen MR) is 82.1 cm³/mol. The number of nitrogens with zero attached hydrogens (tertiary/aromatic N) is 1. The second-order valence-corrected chi connectivity index (χ2v) is 5.93. The van der Waals surface area contributed by atoms with Gasteiger partial charge in [0.25, 0.3) is 0 Å². The van der Waals surface area contributed by atoms with Crippen molar-refractivity contribution in [3.05, 3.63) is 12.3 Å². The van der Waals surface area contributed by atoms with E-state index in [0.29, 0.717) is 19.6 Å². The van der Waals surface area contributed by atoms with Crippen molar-refractivity contribution in [3.8, 4) is 0 Å². The number of hydrogen-bond acceptors (Lipinski definition) is 4. The van der Waals surface area contributed by atoms with Crippen LogP contribution >= 0.6 is 0 Å². The van der Waals surface area contributed by atoms with Crippen LogP contribution in [0.25, 0.3) is 0 Å². The summed E-state index contributed by atoms with van der Waals surface area (Å²) in [5, 5.41) is 2.79. The Hall–Kier alpha value is -1.72. The van der Waals surface area contributed by atoms with E-state index in [1.807, 2.05) is 0 Å². The Morgan fingerprint density at radius 2 is 1.86 bits per heavy atom. The molecule has 1 fully saturated rings. The fourth-order valence-corrected chi connectivity index (χ4v) is 3.34. The number of alkyl carbamates (subject to hydrolysis) is 1. The lowest BCUT2D eigenvalue weighted by molar-refractivity contribution is 0.0699.